The van der Waals surface area contributed by atoms with Crippen molar-refractivity contribution in [1.29, 1.82) is 0 Å². The van der Waals surface area contributed by atoms with Crippen LogP contribution in [0, 0.1) is 5.41 Å². The van der Waals surface area contributed by atoms with Crippen LogP contribution in [0.25, 0.3) is 0 Å². The van der Waals surface area contributed by atoms with Crippen LogP contribution in [0.15, 0.2) is 0 Å². The molecule has 110 valence electrons. The van der Waals surface area contributed by atoms with Crippen molar-refractivity contribution in [2.24, 2.45) is 5.41 Å². The Morgan fingerprint density at radius 1 is 0.900 bits per heavy atom. The zero-order valence-corrected chi connectivity index (χ0v) is 11.8. The smallest absolute Gasteiger partial charge is 0.277 e. The van der Waals surface area contributed by atoms with Gasteiger partial charge in [0.25, 0.3) is 0 Å². The van der Waals surface area contributed by atoms with E-state index in [4.69, 9.17) is 0 Å². The molecular formula is C15H22N2O3. The molecule has 1 saturated heterocycles. The fraction of sp³-hybridized carbons (Fsp3) is 0.800. The average Bonchev–Trinajstić information content (AvgIpc) is 2.77. The maximum atomic E-state index is 12.8. The van der Waals surface area contributed by atoms with Crippen molar-refractivity contribution in [3.63, 3.8) is 0 Å². The number of hydrogen-bond acceptors (Lipinski definition) is 3. The van der Waals surface area contributed by atoms with Crippen molar-refractivity contribution in [1.82, 2.24) is 10.2 Å². The van der Waals surface area contributed by atoms with Gasteiger partial charge in [0.1, 0.15) is 5.41 Å². The molecule has 0 unspecified atom stereocenters. The number of carbonyl (C=O) groups is 3. The molecule has 20 heavy (non-hydrogen) atoms. The predicted molar refractivity (Wildman–Crippen MR) is 72.8 cm³/mol. The molecule has 2 saturated carbocycles. The zero-order valence-electron chi connectivity index (χ0n) is 11.8. The van der Waals surface area contributed by atoms with Crippen LogP contribution in [0.5, 0.6) is 0 Å². The number of imide groups is 2. The Kier molecular flexibility index (Phi) is 3.52. The molecule has 3 fully saturated rings. The molecule has 0 atom stereocenters. The SMILES string of the molecule is O=C1NC(=O)C2(CCCC2)C(=O)N1C1CCCCCC1. The van der Waals surface area contributed by atoms with E-state index in [1.165, 1.54) is 17.7 Å². The first-order valence-corrected chi connectivity index (χ1v) is 7.84. The molecule has 5 heteroatoms. The van der Waals surface area contributed by atoms with Crippen LogP contribution in [0.1, 0.15) is 64.2 Å². The Balaban J connectivity index is 1.87. The third-order valence-electron chi connectivity index (χ3n) is 5.15. The van der Waals surface area contributed by atoms with Crippen LogP contribution >= 0.6 is 0 Å². The van der Waals surface area contributed by atoms with Gasteiger partial charge in [0.15, 0.2) is 0 Å². The van der Waals surface area contributed by atoms with E-state index in [-0.39, 0.29) is 17.9 Å². The summed E-state index contributed by atoms with van der Waals surface area (Å²) in [5.74, 6) is -0.592. The Hall–Kier alpha value is -1.39. The molecule has 1 aliphatic heterocycles. The normalized spacial score (nSPS) is 27.8. The summed E-state index contributed by atoms with van der Waals surface area (Å²) in [7, 11) is 0. The van der Waals surface area contributed by atoms with E-state index >= 15 is 0 Å². The lowest BCUT2D eigenvalue weighted by Gasteiger charge is -2.40. The maximum Gasteiger partial charge on any atom is 0.331 e. The zero-order chi connectivity index (χ0) is 14.2. The van der Waals surface area contributed by atoms with Crippen LogP contribution in [-0.2, 0) is 9.59 Å². The van der Waals surface area contributed by atoms with E-state index in [0.717, 1.165) is 38.5 Å². The number of hydrogen-bond donors (Lipinski definition) is 1. The average molecular weight is 278 g/mol. The largest absolute Gasteiger partial charge is 0.331 e. The van der Waals surface area contributed by atoms with Gasteiger partial charge in [0.2, 0.25) is 11.8 Å². The summed E-state index contributed by atoms with van der Waals surface area (Å²) in [4.78, 5) is 38.5. The summed E-state index contributed by atoms with van der Waals surface area (Å²) in [5, 5.41) is 2.44. The van der Waals surface area contributed by atoms with Crippen molar-refractivity contribution in [2.45, 2.75) is 70.3 Å². The minimum absolute atomic E-state index is 0.0180. The minimum atomic E-state index is -0.944. The monoisotopic (exact) mass is 278 g/mol. The molecule has 4 amide bonds. The third-order valence-corrected chi connectivity index (χ3v) is 5.15. The molecule has 0 radical (unpaired) electrons. The Morgan fingerprint density at radius 3 is 2.10 bits per heavy atom. The van der Waals surface area contributed by atoms with Crippen molar-refractivity contribution >= 4 is 17.8 Å². The van der Waals surface area contributed by atoms with E-state index in [0.29, 0.717) is 12.8 Å². The lowest BCUT2D eigenvalue weighted by Crippen LogP contribution is -2.65. The predicted octanol–water partition coefficient (Wildman–Crippen LogP) is 2.35. The Morgan fingerprint density at radius 2 is 1.50 bits per heavy atom. The van der Waals surface area contributed by atoms with Crippen molar-refractivity contribution < 1.29 is 14.4 Å². The summed E-state index contributed by atoms with van der Waals surface area (Å²) in [6.45, 7) is 0. The highest BCUT2D eigenvalue weighted by molar-refractivity contribution is 6.19. The van der Waals surface area contributed by atoms with E-state index in [1.54, 1.807) is 0 Å². The van der Waals surface area contributed by atoms with Gasteiger partial charge in [-0.3, -0.25) is 19.8 Å². The quantitative estimate of drug-likeness (QED) is 0.591. The summed E-state index contributed by atoms with van der Waals surface area (Å²) in [6, 6.07) is -0.514. The molecule has 1 N–H and O–H groups in total. The van der Waals surface area contributed by atoms with Crippen LogP contribution in [0.4, 0.5) is 4.79 Å². The van der Waals surface area contributed by atoms with E-state index in [1.807, 2.05) is 0 Å². The second-order valence-corrected chi connectivity index (χ2v) is 6.37. The van der Waals surface area contributed by atoms with Crippen LogP contribution in [-0.4, -0.2) is 28.8 Å². The van der Waals surface area contributed by atoms with Crippen molar-refractivity contribution in [3.8, 4) is 0 Å². The molecule has 1 heterocycles. The molecule has 3 rings (SSSR count). The van der Waals surface area contributed by atoms with Gasteiger partial charge in [-0.15, -0.1) is 0 Å². The standard InChI is InChI=1S/C15H22N2O3/c18-12-15(9-5-6-10-15)13(19)17(14(20)16-12)11-7-3-1-2-4-8-11/h11H,1-10H2,(H,16,18,20). The number of carbonyl (C=O) groups excluding carboxylic acids is 3. The van der Waals surface area contributed by atoms with Crippen molar-refractivity contribution in [2.75, 3.05) is 0 Å². The minimum Gasteiger partial charge on any atom is -0.277 e. The molecular weight excluding hydrogens is 256 g/mol. The lowest BCUT2D eigenvalue weighted by molar-refractivity contribution is -0.152. The second kappa shape index (κ2) is 5.19. The molecule has 0 aromatic carbocycles. The van der Waals surface area contributed by atoms with E-state index in [2.05, 4.69) is 5.32 Å². The van der Waals surface area contributed by atoms with Gasteiger partial charge in [-0.05, 0) is 25.7 Å². The van der Waals surface area contributed by atoms with Gasteiger partial charge in [-0.25, -0.2) is 4.79 Å². The molecule has 1 spiro atoms. The summed E-state index contributed by atoms with van der Waals surface area (Å²) in [5.41, 5.74) is -0.944. The second-order valence-electron chi connectivity index (χ2n) is 6.37. The molecule has 0 bridgehead atoms. The summed E-state index contributed by atoms with van der Waals surface area (Å²) < 4.78 is 0. The Bertz CT molecular complexity index is 432. The van der Waals surface area contributed by atoms with Crippen molar-refractivity contribution in [3.05, 3.63) is 0 Å². The van der Waals surface area contributed by atoms with Gasteiger partial charge in [0.05, 0.1) is 0 Å². The van der Waals surface area contributed by atoms with Crippen LogP contribution in [0.2, 0.25) is 0 Å². The topological polar surface area (TPSA) is 66.5 Å². The van der Waals surface area contributed by atoms with Gasteiger partial charge in [0, 0.05) is 6.04 Å². The Labute approximate surface area is 119 Å². The molecule has 0 aromatic rings. The first-order valence-electron chi connectivity index (χ1n) is 7.84. The maximum absolute atomic E-state index is 12.8. The number of urea groups is 1. The first-order chi connectivity index (χ1) is 9.65. The number of nitrogens with zero attached hydrogens (tertiary/aromatic N) is 1. The number of barbiturate groups is 1. The molecule has 2 aliphatic carbocycles. The van der Waals surface area contributed by atoms with Crippen LogP contribution < -0.4 is 5.32 Å². The van der Waals surface area contributed by atoms with Gasteiger partial charge in [-0.2, -0.15) is 0 Å². The number of amides is 4. The van der Waals surface area contributed by atoms with Gasteiger partial charge < -0.3 is 0 Å². The highest BCUT2D eigenvalue weighted by Crippen LogP contribution is 2.43. The van der Waals surface area contributed by atoms with Gasteiger partial charge >= 0.3 is 6.03 Å². The summed E-state index contributed by atoms with van der Waals surface area (Å²) >= 11 is 0. The molecule has 0 aromatic heterocycles. The van der Waals surface area contributed by atoms with Gasteiger partial charge in [-0.1, -0.05) is 38.5 Å². The molecule has 5 nitrogen and oxygen atoms in total. The number of nitrogens with one attached hydrogen (secondary N) is 1. The number of rotatable bonds is 1. The van der Waals surface area contributed by atoms with E-state index < -0.39 is 11.4 Å². The van der Waals surface area contributed by atoms with Crippen LogP contribution in [0.3, 0.4) is 0 Å². The first kappa shape index (κ1) is 13.6. The lowest BCUT2D eigenvalue weighted by atomic mass is 9.81. The molecule has 3 aliphatic rings. The van der Waals surface area contributed by atoms with E-state index in [9.17, 15) is 14.4 Å². The highest BCUT2D eigenvalue weighted by atomic mass is 16.2. The fourth-order valence-corrected chi connectivity index (χ4v) is 3.96. The summed E-state index contributed by atoms with van der Waals surface area (Å²) in [6.07, 6.45) is 9.19. The third kappa shape index (κ3) is 2.03. The fourth-order valence-electron chi connectivity index (χ4n) is 3.96. The highest BCUT2D eigenvalue weighted by Gasteiger charge is 2.56.